The molecule has 2 aromatic rings. The lowest BCUT2D eigenvalue weighted by Crippen LogP contribution is -2.12. The highest BCUT2D eigenvalue weighted by Gasteiger charge is 2.22. The van der Waals surface area contributed by atoms with Gasteiger partial charge in [0, 0.05) is 5.92 Å². The SMILES string of the molecule is CCCc1cc(F)c(C#CC2CCC(c3ccc(Cl)c(F)c3)CC2)c(F)c1. The quantitative estimate of drug-likeness (QED) is 0.493. The van der Waals surface area contributed by atoms with Crippen LogP contribution in [0.15, 0.2) is 30.3 Å². The van der Waals surface area contributed by atoms with Crippen molar-refractivity contribution in [2.24, 2.45) is 5.92 Å². The van der Waals surface area contributed by atoms with E-state index in [0.29, 0.717) is 12.0 Å². The van der Waals surface area contributed by atoms with Crippen LogP contribution in [0.2, 0.25) is 5.02 Å². The second-order valence-electron chi connectivity index (χ2n) is 7.18. The lowest BCUT2D eigenvalue weighted by atomic mass is 9.79. The van der Waals surface area contributed by atoms with Crippen LogP contribution in [0.5, 0.6) is 0 Å². The molecular weight excluding hydrogens is 369 g/mol. The van der Waals surface area contributed by atoms with E-state index in [0.717, 1.165) is 37.7 Å². The summed E-state index contributed by atoms with van der Waals surface area (Å²) in [5, 5.41) is 0.132. The second kappa shape index (κ2) is 8.85. The Morgan fingerprint density at radius 3 is 2.22 bits per heavy atom. The third-order valence-electron chi connectivity index (χ3n) is 5.18. The maximum Gasteiger partial charge on any atom is 0.142 e. The fourth-order valence-electron chi connectivity index (χ4n) is 3.69. The van der Waals surface area contributed by atoms with E-state index < -0.39 is 17.5 Å². The van der Waals surface area contributed by atoms with Crippen molar-refractivity contribution in [3.63, 3.8) is 0 Å². The second-order valence-corrected chi connectivity index (χ2v) is 7.58. The molecule has 0 spiro atoms. The molecule has 0 saturated heterocycles. The molecule has 0 aliphatic heterocycles. The van der Waals surface area contributed by atoms with Gasteiger partial charge >= 0.3 is 0 Å². The van der Waals surface area contributed by atoms with Gasteiger partial charge in [0.1, 0.15) is 17.5 Å². The third kappa shape index (κ3) is 4.87. The normalized spacial score (nSPS) is 19.4. The molecule has 1 aliphatic rings. The predicted octanol–water partition coefficient (Wildman–Crippen LogP) is 7.04. The third-order valence-corrected chi connectivity index (χ3v) is 5.49. The minimum Gasteiger partial charge on any atom is -0.206 e. The minimum absolute atomic E-state index is 0.104. The molecule has 0 atom stereocenters. The summed E-state index contributed by atoms with van der Waals surface area (Å²) < 4.78 is 42.0. The van der Waals surface area contributed by atoms with Gasteiger partial charge in [-0.15, -0.1) is 0 Å². The Labute approximate surface area is 163 Å². The van der Waals surface area contributed by atoms with Crippen molar-refractivity contribution in [1.82, 2.24) is 0 Å². The lowest BCUT2D eigenvalue weighted by Gasteiger charge is -2.26. The molecule has 4 heteroatoms. The van der Waals surface area contributed by atoms with Gasteiger partial charge in [0.2, 0.25) is 0 Å². The van der Waals surface area contributed by atoms with Gasteiger partial charge < -0.3 is 0 Å². The average molecular weight is 391 g/mol. The summed E-state index contributed by atoms with van der Waals surface area (Å²) in [6, 6.07) is 7.71. The van der Waals surface area contributed by atoms with E-state index in [4.69, 9.17) is 11.6 Å². The molecule has 2 aromatic carbocycles. The van der Waals surface area contributed by atoms with Gasteiger partial charge in [0.15, 0.2) is 0 Å². The van der Waals surface area contributed by atoms with E-state index >= 15 is 0 Å². The highest BCUT2D eigenvalue weighted by molar-refractivity contribution is 6.30. The van der Waals surface area contributed by atoms with E-state index in [1.165, 1.54) is 18.2 Å². The minimum atomic E-state index is -0.587. The molecule has 27 heavy (non-hydrogen) atoms. The highest BCUT2D eigenvalue weighted by Crippen LogP contribution is 2.36. The van der Waals surface area contributed by atoms with Gasteiger partial charge in [-0.1, -0.05) is 42.9 Å². The first-order chi connectivity index (χ1) is 13.0. The summed E-state index contributed by atoms with van der Waals surface area (Å²) in [7, 11) is 0. The van der Waals surface area contributed by atoms with Crippen molar-refractivity contribution in [1.29, 1.82) is 0 Å². The molecule has 0 bridgehead atoms. The van der Waals surface area contributed by atoms with Crippen LogP contribution >= 0.6 is 11.6 Å². The molecule has 1 fully saturated rings. The van der Waals surface area contributed by atoms with Crippen LogP contribution < -0.4 is 0 Å². The van der Waals surface area contributed by atoms with Crippen molar-refractivity contribution < 1.29 is 13.2 Å². The standard InChI is InChI=1S/C23H22ClF3/c1-2-3-16-12-21(25)19(22(26)13-16)10-6-15-4-7-17(8-5-15)18-9-11-20(24)23(27)14-18/h9,11-15,17H,2-5,7-8H2,1H3. The first kappa shape index (κ1) is 19.8. The smallest absolute Gasteiger partial charge is 0.142 e. The van der Waals surface area contributed by atoms with Crippen LogP contribution in [0.25, 0.3) is 0 Å². The zero-order valence-corrected chi connectivity index (χ0v) is 16.1. The van der Waals surface area contributed by atoms with Gasteiger partial charge in [-0.25, -0.2) is 13.2 Å². The number of rotatable bonds is 3. The Kier molecular flexibility index (Phi) is 6.50. The number of hydrogen-bond acceptors (Lipinski definition) is 0. The van der Waals surface area contributed by atoms with Crippen LogP contribution in [-0.4, -0.2) is 0 Å². The number of halogens is 4. The monoisotopic (exact) mass is 390 g/mol. The molecule has 0 heterocycles. The Morgan fingerprint density at radius 2 is 1.63 bits per heavy atom. The average Bonchev–Trinajstić information content (AvgIpc) is 2.64. The zero-order valence-electron chi connectivity index (χ0n) is 15.3. The molecule has 0 amide bonds. The van der Waals surface area contributed by atoms with Crippen LogP contribution in [-0.2, 0) is 6.42 Å². The zero-order chi connectivity index (χ0) is 19.4. The van der Waals surface area contributed by atoms with Crippen LogP contribution in [0.1, 0.15) is 61.6 Å². The summed E-state index contributed by atoms with van der Waals surface area (Å²) in [5.74, 6) is 4.56. The molecule has 1 saturated carbocycles. The molecule has 0 nitrogen and oxygen atoms in total. The highest BCUT2D eigenvalue weighted by atomic mass is 35.5. The number of hydrogen-bond donors (Lipinski definition) is 0. The molecule has 0 radical (unpaired) electrons. The molecule has 0 unspecified atom stereocenters. The van der Waals surface area contributed by atoms with Gasteiger partial charge in [-0.05, 0) is 73.4 Å². The molecule has 1 aliphatic carbocycles. The Bertz CT molecular complexity index is 848. The first-order valence-corrected chi connectivity index (χ1v) is 9.80. The van der Waals surface area contributed by atoms with E-state index in [-0.39, 0.29) is 22.4 Å². The van der Waals surface area contributed by atoms with E-state index in [1.807, 2.05) is 13.0 Å². The summed E-state index contributed by atoms with van der Waals surface area (Å²) in [6.45, 7) is 1.97. The topological polar surface area (TPSA) is 0 Å². The van der Waals surface area contributed by atoms with Gasteiger partial charge in [-0.3, -0.25) is 0 Å². The van der Waals surface area contributed by atoms with Gasteiger partial charge in [-0.2, -0.15) is 0 Å². The molecule has 142 valence electrons. The Hall–Kier alpha value is -1.92. The number of benzene rings is 2. The maximum absolute atomic E-state index is 14.2. The number of aryl methyl sites for hydroxylation is 1. The van der Waals surface area contributed by atoms with Crippen molar-refractivity contribution in [3.05, 3.63) is 69.5 Å². The lowest BCUT2D eigenvalue weighted by molar-refractivity contribution is 0.384. The summed E-state index contributed by atoms with van der Waals surface area (Å²) in [5.41, 5.74) is 1.47. The van der Waals surface area contributed by atoms with Crippen molar-refractivity contribution in [2.75, 3.05) is 0 Å². The van der Waals surface area contributed by atoms with E-state index in [2.05, 4.69) is 11.8 Å². The van der Waals surface area contributed by atoms with Crippen LogP contribution in [0.4, 0.5) is 13.2 Å². The van der Waals surface area contributed by atoms with Crippen molar-refractivity contribution in [2.45, 2.75) is 51.4 Å². The molecule has 3 rings (SSSR count). The van der Waals surface area contributed by atoms with Gasteiger partial charge in [0.25, 0.3) is 0 Å². The fourth-order valence-corrected chi connectivity index (χ4v) is 3.81. The van der Waals surface area contributed by atoms with Gasteiger partial charge in [0.05, 0.1) is 10.6 Å². The molecular formula is C23H22ClF3. The molecule has 0 N–H and O–H groups in total. The maximum atomic E-state index is 14.2. The molecule has 0 aromatic heterocycles. The van der Waals surface area contributed by atoms with Crippen molar-refractivity contribution in [3.8, 4) is 11.8 Å². The van der Waals surface area contributed by atoms with Crippen molar-refractivity contribution >= 4 is 11.6 Å². The summed E-state index contributed by atoms with van der Waals surface area (Å²) >= 11 is 5.74. The summed E-state index contributed by atoms with van der Waals surface area (Å²) in [4.78, 5) is 0. The van der Waals surface area contributed by atoms with E-state index in [1.54, 1.807) is 6.07 Å². The van der Waals surface area contributed by atoms with Crippen LogP contribution in [0.3, 0.4) is 0 Å². The van der Waals surface area contributed by atoms with Crippen LogP contribution in [0, 0.1) is 35.2 Å². The Balaban J connectivity index is 1.65. The van der Waals surface area contributed by atoms with E-state index in [9.17, 15) is 13.2 Å². The largest absolute Gasteiger partial charge is 0.206 e. The Morgan fingerprint density at radius 1 is 0.963 bits per heavy atom. The fraction of sp³-hybridized carbons (Fsp3) is 0.391. The first-order valence-electron chi connectivity index (χ1n) is 9.42. The predicted molar refractivity (Wildman–Crippen MR) is 103 cm³/mol. The summed E-state index contributed by atoms with van der Waals surface area (Å²) in [6.07, 6.45) is 4.90.